The maximum Gasteiger partial charge on any atom is 0.315 e. The number of hydrogen-bond donors (Lipinski definition) is 2. The lowest BCUT2D eigenvalue weighted by molar-refractivity contribution is 0.234. The van der Waals surface area contributed by atoms with Crippen LogP contribution in [0.4, 0.5) is 4.79 Å². The molecule has 1 fully saturated rings. The first-order valence-corrected chi connectivity index (χ1v) is 9.57. The van der Waals surface area contributed by atoms with Crippen molar-refractivity contribution >= 4 is 26.8 Å². The number of hydrogen-bond acceptors (Lipinski definition) is 5. The number of carbonyl (C=O) groups excluding carboxylic acids is 1. The van der Waals surface area contributed by atoms with Crippen molar-refractivity contribution in [3.63, 3.8) is 0 Å². The van der Waals surface area contributed by atoms with Gasteiger partial charge in [-0.3, -0.25) is 4.98 Å². The van der Waals surface area contributed by atoms with Gasteiger partial charge in [0.1, 0.15) is 17.9 Å². The van der Waals surface area contributed by atoms with E-state index < -0.39 is 9.84 Å². The second-order valence-electron chi connectivity index (χ2n) is 5.68. The monoisotopic (exact) mass is 349 g/mol. The van der Waals surface area contributed by atoms with Crippen LogP contribution >= 0.6 is 0 Å². The molecular weight excluding hydrogens is 330 g/mol. The molecule has 1 aliphatic rings. The average Bonchev–Trinajstić information content (AvgIpc) is 2.90. The topological polar surface area (TPSA) is 97.4 Å². The molecular formula is C16H19N3O4S. The second kappa shape index (κ2) is 7.04. The SMILES string of the molecule is O=C(NCCOc1cccc2cccnc12)NC1CCS(=O)(=O)C1. The zero-order chi connectivity index (χ0) is 17.0. The molecule has 1 aliphatic heterocycles. The average molecular weight is 349 g/mol. The van der Waals surface area contributed by atoms with Crippen LogP contribution < -0.4 is 15.4 Å². The van der Waals surface area contributed by atoms with Gasteiger partial charge in [0.25, 0.3) is 0 Å². The molecule has 0 bridgehead atoms. The quantitative estimate of drug-likeness (QED) is 0.788. The molecule has 128 valence electrons. The number of fused-ring (bicyclic) bond motifs is 1. The molecule has 24 heavy (non-hydrogen) atoms. The van der Waals surface area contributed by atoms with Gasteiger partial charge >= 0.3 is 6.03 Å². The van der Waals surface area contributed by atoms with E-state index in [9.17, 15) is 13.2 Å². The number of carbonyl (C=O) groups is 1. The number of para-hydroxylation sites is 1. The lowest BCUT2D eigenvalue weighted by Crippen LogP contribution is -2.43. The van der Waals surface area contributed by atoms with Crippen molar-refractivity contribution in [3.8, 4) is 5.75 Å². The van der Waals surface area contributed by atoms with Crippen LogP contribution in [-0.4, -0.2) is 50.1 Å². The van der Waals surface area contributed by atoms with Gasteiger partial charge in [0, 0.05) is 17.6 Å². The van der Waals surface area contributed by atoms with Crippen molar-refractivity contribution in [2.75, 3.05) is 24.7 Å². The molecule has 3 rings (SSSR count). The molecule has 1 atom stereocenters. The number of benzene rings is 1. The third-order valence-corrected chi connectivity index (χ3v) is 5.58. The molecule has 0 saturated carbocycles. The smallest absolute Gasteiger partial charge is 0.315 e. The molecule has 2 N–H and O–H groups in total. The summed E-state index contributed by atoms with van der Waals surface area (Å²) in [6.45, 7) is 0.612. The summed E-state index contributed by atoms with van der Waals surface area (Å²) in [6, 6.07) is 8.81. The molecule has 2 amide bonds. The summed E-state index contributed by atoms with van der Waals surface area (Å²) < 4.78 is 28.4. The van der Waals surface area contributed by atoms with Crippen molar-refractivity contribution in [1.82, 2.24) is 15.6 Å². The number of nitrogens with zero attached hydrogens (tertiary/aromatic N) is 1. The van der Waals surface area contributed by atoms with Gasteiger partial charge in [0.2, 0.25) is 0 Å². The number of amides is 2. The highest BCUT2D eigenvalue weighted by molar-refractivity contribution is 7.91. The molecule has 0 radical (unpaired) electrons. The van der Waals surface area contributed by atoms with E-state index in [1.54, 1.807) is 6.20 Å². The predicted octanol–water partition coefficient (Wildman–Crippen LogP) is 1.10. The zero-order valence-corrected chi connectivity index (χ0v) is 13.9. The standard InChI is InChI=1S/C16H19N3O4S/c20-16(19-13-6-10-24(21,22)11-13)18-8-9-23-14-5-1-3-12-4-2-7-17-15(12)14/h1-5,7,13H,6,8-11H2,(H2,18,19,20). The van der Waals surface area contributed by atoms with Crippen LogP contribution in [0.25, 0.3) is 10.9 Å². The van der Waals surface area contributed by atoms with Crippen LogP contribution in [0.3, 0.4) is 0 Å². The molecule has 7 nitrogen and oxygen atoms in total. The van der Waals surface area contributed by atoms with Gasteiger partial charge in [-0.25, -0.2) is 13.2 Å². The Morgan fingerprint density at radius 2 is 2.12 bits per heavy atom. The number of aromatic nitrogens is 1. The Balaban J connectivity index is 1.44. The first-order chi connectivity index (χ1) is 11.5. The van der Waals surface area contributed by atoms with E-state index in [1.807, 2.05) is 30.3 Å². The number of rotatable bonds is 5. The van der Waals surface area contributed by atoms with Gasteiger partial charge in [-0.15, -0.1) is 0 Å². The van der Waals surface area contributed by atoms with E-state index in [0.717, 1.165) is 10.9 Å². The first-order valence-electron chi connectivity index (χ1n) is 7.75. The lowest BCUT2D eigenvalue weighted by atomic mass is 10.2. The summed E-state index contributed by atoms with van der Waals surface area (Å²) in [7, 11) is -3.00. The fourth-order valence-electron chi connectivity index (χ4n) is 2.66. The summed E-state index contributed by atoms with van der Waals surface area (Å²) >= 11 is 0. The molecule has 1 aromatic heterocycles. The maximum atomic E-state index is 11.7. The highest BCUT2D eigenvalue weighted by Gasteiger charge is 2.28. The van der Waals surface area contributed by atoms with Crippen LogP contribution in [0.2, 0.25) is 0 Å². The summed E-state index contributed by atoms with van der Waals surface area (Å²) in [5.74, 6) is 0.811. The Kier molecular flexibility index (Phi) is 4.84. The normalized spacial score (nSPS) is 19.1. The highest BCUT2D eigenvalue weighted by atomic mass is 32.2. The Morgan fingerprint density at radius 1 is 1.29 bits per heavy atom. The van der Waals surface area contributed by atoms with Crippen LogP contribution in [-0.2, 0) is 9.84 Å². The van der Waals surface area contributed by atoms with Gasteiger partial charge < -0.3 is 15.4 Å². The number of urea groups is 1. The molecule has 1 unspecified atom stereocenters. The van der Waals surface area contributed by atoms with E-state index in [-0.39, 0.29) is 23.6 Å². The molecule has 1 aromatic carbocycles. The summed E-state index contributed by atoms with van der Waals surface area (Å²) in [4.78, 5) is 16.0. The zero-order valence-electron chi connectivity index (χ0n) is 13.1. The van der Waals surface area contributed by atoms with Gasteiger partial charge in [0.15, 0.2) is 9.84 Å². The van der Waals surface area contributed by atoms with Crippen molar-refractivity contribution < 1.29 is 17.9 Å². The van der Waals surface area contributed by atoms with E-state index in [4.69, 9.17) is 4.74 Å². The molecule has 2 aromatic rings. The molecule has 0 spiro atoms. The van der Waals surface area contributed by atoms with E-state index in [2.05, 4.69) is 15.6 Å². The number of ether oxygens (including phenoxy) is 1. The lowest BCUT2D eigenvalue weighted by Gasteiger charge is -2.13. The summed E-state index contributed by atoms with van der Waals surface area (Å²) in [6.07, 6.45) is 2.17. The maximum absolute atomic E-state index is 11.7. The van der Waals surface area contributed by atoms with E-state index in [0.29, 0.717) is 25.3 Å². The van der Waals surface area contributed by atoms with Crippen LogP contribution in [0.15, 0.2) is 36.5 Å². The Bertz CT molecular complexity index is 833. The third-order valence-electron chi connectivity index (χ3n) is 3.81. The fraction of sp³-hybridized carbons (Fsp3) is 0.375. The van der Waals surface area contributed by atoms with Crippen LogP contribution in [0.5, 0.6) is 5.75 Å². The van der Waals surface area contributed by atoms with Gasteiger partial charge in [-0.05, 0) is 18.6 Å². The number of pyridine rings is 1. The predicted molar refractivity (Wildman–Crippen MR) is 90.8 cm³/mol. The Morgan fingerprint density at radius 3 is 2.92 bits per heavy atom. The van der Waals surface area contributed by atoms with Gasteiger partial charge in [-0.1, -0.05) is 18.2 Å². The minimum Gasteiger partial charge on any atom is -0.489 e. The largest absolute Gasteiger partial charge is 0.489 e. The third kappa shape index (κ3) is 4.14. The minimum absolute atomic E-state index is 0.0125. The summed E-state index contributed by atoms with van der Waals surface area (Å²) in [5, 5.41) is 6.32. The Labute approximate surface area is 140 Å². The van der Waals surface area contributed by atoms with Crippen LogP contribution in [0, 0.1) is 0 Å². The van der Waals surface area contributed by atoms with Gasteiger partial charge in [-0.2, -0.15) is 0 Å². The fourth-order valence-corrected chi connectivity index (χ4v) is 4.34. The second-order valence-corrected chi connectivity index (χ2v) is 7.91. The van der Waals surface area contributed by atoms with E-state index >= 15 is 0 Å². The molecule has 2 heterocycles. The number of nitrogens with one attached hydrogen (secondary N) is 2. The summed E-state index contributed by atoms with van der Waals surface area (Å²) in [5.41, 5.74) is 0.778. The van der Waals surface area contributed by atoms with E-state index in [1.165, 1.54) is 0 Å². The molecule has 8 heteroatoms. The highest BCUT2D eigenvalue weighted by Crippen LogP contribution is 2.22. The number of sulfone groups is 1. The Hall–Kier alpha value is -2.35. The molecule has 1 saturated heterocycles. The van der Waals surface area contributed by atoms with Crippen LogP contribution in [0.1, 0.15) is 6.42 Å². The first kappa shape index (κ1) is 16.5. The van der Waals surface area contributed by atoms with Gasteiger partial charge in [0.05, 0.1) is 18.1 Å². The van der Waals surface area contributed by atoms with Crippen molar-refractivity contribution in [1.29, 1.82) is 0 Å². The molecule has 0 aliphatic carbocycles. The van der Waals surface area contributed by atoms with Crippen molar-refractivity contribution in [2.24, 2.45) is 0 Å². The minimum atomic E-state index is -3.00. The van der Waals surface area contributed by atoms with Crippen molar-refractivity contribution in [3.05, 3.63) is 36.5 Å². The van der Waals surface area contributed by atoms with Crippen molar-refractivity contribution in [2.45, 2.75) is 12.5 Å².